The number of phenols is 1. The number of aromatic hydroxyl groups is 1. The van der Waals surface area contributed by atoms with Gasteiger partial charge in [-0.05, 0) is 52.2 Å². The predicted molar refractivity (Wildman–Crippen MR) is 87.0 cm³/mol. The van der Waals surface area contributed by atoms with Crippen molar-refractivity contribution in [3.8, 4) is 17.6 Å². The van der Waals surface area contributed by atoms with Crippen LogP contribution in [0, 0.1) is 18.3 Å². The van der Waals surface area contributed by atoms with Crippen molar-refractivity contribution in [2.24, 2.45) is 0 Å². The minimum atomic E-state index is 0.0449. The number of rotatable bonds is 3. The molecule has 0 aliphatic carbocycles. The third-order valence-corrected chi connectivity index (χ3v) is 3.67. The Morgan fingerprint density at radius 2 is 1.95 bits per heavy atom. The van der Waals surface area contributed by atoms with E-state index in [1.165, 1.54) is 7.11 Å². The van der Waals surface area contributed by atoms with Gasteiger partial charge in [0.15, 0.2) is 11.5 Å². The van der Waals surface area contributed by atoms with Crippen molar-refractivity contribution in [2.45, 2.75) is 6.92 Å². The van der Waals surface area contributed by atoms with Crippen LogP contribution in [0.5, 0.6) is 11.5 Å². The van der Waals surface area contributed by atoms with Crippen LogP contribution in [-0.2, 0) is 0 Å². The molecular weight excluding hydrogens is 330 g/mol. The van der Waals surface area contributed by atoms with E-state index in [0.717, 1.165) is 16.7 Å². The topological polar surface area (TPSA) is 53.2 Å². The van der Waals surface area contributed by atoms with Crippen molar-refractivity contribution in [3.05, 3.63) is 57.6 Å². The normalized spacial score (nSPS) is 11.0. The molecule has 0 amide bonds. The van der Waals surface area contributed by atoms with E-state index in [-0.39, 0.29) is 5.75 Å². The molecule has 0 unspecified atom stereocenters. The second-order valence-electron chi connectivity index (χ2n) is 4.59. The summed E-state index contributed by atoms with van der Waals surface area (Å²) in [5.41, 5.74) is 3.32. The molecule has 106 valence electrons. The molecule has 0 aliphatic rings. The van der Waals surface area contributed by atoms with Gasteiger partial charge < -0.3 is 9.84 Å². The number of benzene rings is 2. The Labute approximate surface area is 132 Å². The number of hydrogen-bond acceptors (Lipinski definition) is 3. The molecule has 0 atom stereocenters. The van der Waals surface area contributed by atoms with Gasteiger partial charge in [0.25, 0.3) is 0 Å². The van der Waals surface area contributed by atoms with Crippen molar-refractivity contribution in [1.29, 1.82) is 5.26 Å². The highest BCUT2D eigenvalue weighted by Gasteiger charge is 2.09. The summed E-state index contributed by atoms with van der Waals surface area (Å²) in [5.74, 6) is 0.403. The Balaban J connectivity index is 2.48. The van der Waals surface area contributed by atoms with Crippen LogP contribution in [0.25, 0.3) is 11.6 Å². The fourth-order valence-corrected chi connectivity index (χ4v) is 2.37. The van der Waals surface area contributed by atoms with Crippen LogP contribution >= 0.6 is 15.9 Å². The lowest BCUT2D eigenvalue weighted by molar-refractivity contribution is 0.372. The van der Waals surface area contributed by atoms with Gasteiger partial charge in [0, 0.05) is 0 Å². The number of aryl methyl sites for hydroxylation is 1. The van der Waals surface area contributed by atoms with Crippen LogP contribution in [0.2, 0.25) is 0 Å². The Morgan fingerprint density at radius 3 is 2.52 bits per heavy atom. The summed E-state index contributed by atoms with van der Waals surface area (Å²) in [7, 11) is 1.49. The number of hydrogen-bond donors (Lipinski definition) is 1. The third-order valence-electron chi connectivity index (χ3n) is 3.06. The molecule has 0 saturated carbocycles. The monoisotopic (exact) mass is 343 g/mol. The highest BCUT2D eigenvalue weighted by molar-refractivity contribution is 9.10. The molecule has 0 aliphatic heterocycles. The number of nitriles is 1. The van der Waals surface area contributed by atoms with Gasteiger partial charge in [-0.2, -0.15) is 5.26 Å². The summed E-state index contributed by atoms with van der Waals surface area (Å²) in [6.45, 7) is 2.00. The van der Waals surface area contributed by atoms with Gasteiger partial charge in [0.1, 0.15) is 0 Å². The van der Waals surface area contributed by atoms with E-state index < -0.39 is 0 Å². The highest BCUT2D eigenvalue weighted by Crippen LogP contribution is 2.36. The van der Waals surface area contributed by atoms with Crippen LogP contribution < -0.4 is 4.74 Å². The first-order valence-corrected chi connectivity index (χ1v) is 7.09. The van der Waals surface area contributed by atoms with Crippen molar-refractivity contribution >= 4 is 27.6 Å². The summed E-state index contributed by atoms with van der Waals surface area (Å²) in [6, 6.07) is 13.4. The van der Waals surface area contributed by atoms with Crippen molar-refractivity contribution < 1.29 is 9.84 Å². The zero-order chi connectivity index (χ0) is 15.4. The van der Waals surface area contributed by atoms with E-state index in [1.807, 2.05) is 31.2 Å². The standard InChI is InChI=1S/C17H14BrNO2/c1-11-3-5-13(6-4-11)14(10-19)7-12-8-15(18)17(20)16(9-12)21-2/h3-9,20H,1-2H3/b14-7-. The minimum Gasteiger partial charge on any atom is -0.503 e. The second kappa shape index (κ2) is 6.47. The fraction of sp³-hybridized carbons (Fsp3) is 0.118. The molecule has 0 radical (unpaired) electrons. The molecule has 21 heavy (non-hydrogen) atoms. The van der Waals surface area contributed by atoms with E-state index in [1.54, 1.807) is 18.2 Å². The summed E-state index contributed by atoms with van der Waals surface area (Å²) in [4.78, 5) is 0. The van der Waals surface area contributed by atoms with Gasteiger partial charge in [-0.1, -0.05) is 29.8 Å². The number of ether oxygens (including phenoxy) is 1. The van der Waals surface area contributed by atoms with Crippen LogP contribution in [0.15, 0.2) is 40.9 Å². The van der Waals surface area contributed by atoms with Gasteiger partial charge in [-0.3, -0.25) is 0 Å². The number of allylic oxidation sites excluding steroid dienone is 1. The van der Waals surface area contributed by atoms with Crippen molar-refractivity contribution in [3.63, 3.8) is 0 Å². The summed E-state index contributed by atoms with van der Waals surface area (Å²) < 4.78 is 5.63. The summed E-state index contributed by atoms with van der Waals surface area (Å²) in [5, 5.41) is 19.2. The average Bonchev–Trinajstić information content (AvgIpc) is 2.49. The summed E-state index contributed by atoms with van der Waals surface area (Å²) >= 11 is 3.27. The summed E-state index contributed by atoms with van der Waals surface area (Å²) in [6.07, 6.45) is 1.76. The third kappa shape index (κ3) is 3.45. The molecule has 1 N–H and O–H groups in total. The Kier molecular flexibility index (Phi) is 4.66. The molecule has 0 saturated heterocycles. The zero-order valence-corrected chi connectivity index (χ0v) is 13.3. The molecule has 2 aromatic rings. The number of nitrogens with zero attached hydrogens (tertiary/aromatic N) is 1. The first-order chi connectivity index (χ1) is 10.0. The fourth-order valence-electron chi connectivity index (χ4n) is 1.91. The van der Waals surface area contributed by atoms with E-state index in [0.29, 0.717) is 15.8 Å². The SMILES string of the molecule is COc1cc(/C=C(/C#N)c2ccc(C)cc2)cc(Br)c1O. The molecule has 0 aromatic heterocycles. The van der Waals surface area contributed by atoms with Crippen LogP contribution in [0.1, 0.15) is 16.7 Å². The van der Waals surface area contributed by atoms with Gasteiger partial charge in [-0.15, -0.1) is 0 Å². The van der Waals surface area contributed by atoms with Crippen LogP contribution in [0.4, 0.5) is 0 Å². The molecule has 2 aromatic carbocycles. The Morgan fingerprint density at radius 1 is 1.29 bits per heavy atom. The molecule has 0 bridgehead atoms. The van der Waals surface area contributed by atoms with Gasteiger partial charge in [0.2, 0.25) is 0 Å². The van der Waals surface area contributed by atoms with Gasteiger partial charge >= 0.3 is 0 Å². The zero-order valence-electron chi connectivity index (χ0n) is 11.7. The Bertz CT molecular complexity index is 728. The highest BCUT2D eigenvalue weighted by atomic mass is 79.9. The number of halogens is 1. The molecule has 0 heterocycles. The maximum atomic E-state index is 9.80. The molecule has 4 heteroatoms. The van der Waals surface area contributed by atoms with Crippen LogP contribution in [-0.4, -0.2) is 12.2 Å². The van der Waals surface area contributed by atoms with E-state index in [2.05, 4.69) is 22.0 Å². The molecule has 0 spiro atoms. The Hall–Kier alpha value is -2.25. The van der Waals surface area contributed by atoms with Crippen molar-refractivity contribution in [1.82, 2.24) is 0 Å². The average molecular weight is 344 g/mol. The minimum absolute atomic E-state index is 0.0449. The first-order valence-electron chi connectivity index (χ1n) is 6.30. The lowest BCUT2D eigenvalue weighted by atomic mass is 10.0. The number of methoxy groups -OCH3 is 1. The van der Waals surface area contributed by atoms with E-state index >= 15 is 0 Å². The van der Waals surface area contributed by atoms with Gasteiger partial charge in [-0.25, -0.2) is 0 Å². The lowest BCUT2D eigenvalue weighted by Crippen LogP contribution is -1.87. The van der Waals surface area contributed by atoms with Crippen molar-refractivity contribution in [2.75, 3.05) is 7.11 Å². The smallest absolute Gasteiger partial charge is 0.172 e. The molecule has 0 fully saturated rings. The second-order valence-corrected chi connectivity index (χ2v) is 5.44. The molecule has 3 nitrogen and oxygen atoms in total. The van der Waals surface area contributed by atoms with E-state index in [4.69, 9.17) is 4.74 Å². The van der Waals surface area contributed by atoms with Gasteiger partial charge in [0.05, 0.1) is 23.2 Å². The van der Waals surface area contributed by atoms with E-state index in [9.17, 15) is 10.4 Å². The molecule has 2 rings (SSSR count). The predicted octanol–water partition coefficient (Wildman–Crippen LogP) is 4.54. The number of phenolic OH excluding ortho intramolecular Hbond substituents is 1. The quantitative estimate of drug-likeness (QED) is 0.657. The lowest BCUT2D eigenvalue weighted by Gasteiger charge is -2.07. The first kappa shape index (κ1) is 15.1. The van der Waals surface area contributed by atoms with Crippen LogP contribution in [0.3, 0.4) is 0 Å². The molecular formula is C17H14BrNO2. The largest absolute Gasteiger partial charge is 0.503 e. The maximum Gasteiger partial charge on any atom is 0.172 e. The maximum absolute atomic E-state index is 9.80.